The first-order valence-corrected chi connectivity index (χ1v) is 8.81. The zero-order valence-corrected chi connectivity index (χ0v) is 14.3. The molecule has 1 saturated carbocycles. The fourth-order valence-corrected chi connectivity index (χ4v) is 4.25. The molecule has 2 nitrogen and oxygen atoms in total. The minimum Gasteiger partial charge on any atom is -0.378 e. The molecule has 1 aromatic heterocycles. The van der Waals surface area contributed by atoms with Crippen LogP contribution in [0.3, 0.4) is 0 Å². The van der Waals surface area contributed by atoms with E-state index in [1.54, 1.807) is 0 Å². The third-order valence-corrected chi connectivity index (χ3v) is 5.96. The van der Waals surface area contributed by atoms with E-state index in [4.69, 9.17) is 4.74 Å². The third-order valence-electron chi connectivity index (χ3n) is 5.01. The van der Waals surface area contributed by atoms with Gasteiger partial charge < -0.3 is 10.1 Å². The van der Waals surface area contributed by atoms with Gasteiger partial charge in [0, 0.05) is 29.0 Å². The van der Waals surface area contributed by atoms with Gasteiger partial charge in [-0.1, -0.05) is 33.8 Å². The molecule has 0 saturated heterocycles. The maximum Gasteiger partial charge on any atom is 0.0658 e. The van der Waals surface area contributed by atoms with Crippen LogP contribution in [0.15, 0.2) is 17.5 Å². The van der Waals surface area contributed by atoms with Gasteiger partial charge in [0.2, 0.25) is 0 Å². The Morgan fingerprint density at radius 1 is 1.45 bits per heavy atom. The van der Waals surface area contributed by atoms with Crippen molar-refractivity contribution in [1.29, 1.82) is 0 Å². The van der Waals surface area contributed by atoms with Crippen LogP contribution in [0.2, 0.25) is 0 Å². The molecule has 4 unspecified atom stereocenters. The standard InChI is InChI=1S/C17H29NOS/c1-6-17(5)14(11-15(17)19-7-2)18-16(12(3)4)13-9-8-10-20-13/h8-10,12,14-16,18H,6-7,11H2,1-5H3. The topological polar surface area (TPSA) is 21.3 Å². The summed E-state index contributed by atoms with van der Waals surface area (Å²) in [5, 5.41) is 6.09. The highest BCUT2D eigenvalue weighted by Gasteiger charge is 2.51. The Morgan fingerprint density at radius 3 is 2.70 bits per heavy atom. The van der Waals surface area contributed by atoms with Gasteiger partial charge in [-0.3, -0.25) is 0 Å². The van der Waals surface area contributed by atoms with Gasteiger partial charge in [0.1, 0.15) is 0 Å². The number of hydrogen-bond donors (Lipinski definition) is 1. The monoisotopic (exact) mass is 295 g/mol. The fraction of sp³-hybridized carbons (Fsp3) is 0.765. The highest BCUT2D eigenvalue weighted by atomic mass is 32.1. The molecule has 1 aliphatic rings. The lowest BCUT2D eigenvalue weighted by Gasteiger charge is -2.55. The fourth-order valence-electron chi connectivity index (χ4n) is 3.30. The second kappa shape index (κ2) is 6.59. The Morgan fingerprint density at radius 2 is 2.20 bits per heavy atom. The van der Waals surface area contributed by atoms with Gasteiger partial charge in [0.15, 0.2) is 0 Å². The Bertz CT molecular complexity index is 403. The largest absolute Gasteiger partial charge is 0.378 e. The van der Waals surface area contributed by atoms with Gasteiger partial charge >= 0.3 is 0 Å². The minimum absolute atomic E-state index is 0.278. The molecule has 0 radical (unpaired) electrons. The van der Waals surface area contributed by atoms with Crippen molar-refractivity contribution in [3.8, 4) is 0 Å². The van der Waals surface area contributed by atoms with Crippen molar-refractivity contribution >= 4 is 11.3 Å². The van der Waals surface area contributed by atoms with E-state index < -0.39 is 0 Å². The molecule has 1 heterocycles. The molecule has 1 fully saturated rings. The van der Waals surface area contributed by atoms with E-state index in [0.29, 0.717) is 24.1 Å². The van der Waals surface area contributed by atoms with Gasteiger partial charge in [0.25, 0.3) is 0 Å². The Kier molecular flexibility index (Phi) is 5.27. The lowest BCUT2D eigenvalue weighted by atomic mass is 9.61. The molecule has 1 N–H and O–H groups in total. The van der Waals surface area contributed by atoms with Gasteiger partial charge in [-0.05, 0) is 37.1 Å². The minimum atomic E-state index is 0.278. The zero-order valence-electron chi connectivity index (χ0n) is 13.5. The summed E-state index contributed by atoms with van der Waals surface area (Å²) in [6.07, 6.45) is 2.74. The van der Waals surface area contributed by atoms with E-state index in [0.717, 1.165) is 13.0 Å². The second-order valence-electron chi connectivity index (χ2n) is 6.50. The normalized spacial score (nSPS) is 31.3. The van der Waals surface area contributed by atoms with Crippen LogP contribution in [0.1, 0.15) is 58.4 Å². The molecule has 0 aromatic carbocycles. The number of nitrogens with one attached hydrogen (secondary N) is 1. The van der Waals surface area contributed by atoms with Crippen molar-refractivity contribution in [3.63, 3.8) is 0 Å². The van der Waals surface area contributed by atoms with Crippen LogP contribution in [0.5, 0.6) is 0 Å². The number of thiophene rings is 1. The van der Waals surface area contributed by atoms with Crippen LogP contribution in [-0.4, -0.2) is 18.8 Å². The molecular weight excluding hydrogens is 266 g/mol. The molecular formula is C17H29NOS. The first-order chi connectivity index (χ1) is 9.52. The molecule has 114 valence electrons. The number of ether oxygens (including phenoxy) is 1. The van der Waals surface area contributed by atoms with Gasteiger partial charge in [-0.15, -0.1) is 11.3 Å². The van der Waals surface area contributed by atoms with Crippen LogP contribution in [0.4, 0.5) is 0 Å². The van der Waals surface area contributed by atoms with Gasteiger partial charge in [0.05, 0.1) is 6.10 Å². The van der Waals surface area contributed by atoms with Gasteiger partial charge in [-0.25, -0.2) is 0 Å². The summed E-state index contributed by atoms with van der Waals surface area (Å²) in [7, 11) is 0. The average molecular weight is 295 g/mol. The molecule has 4 atom stereocenters. The van der Waals surface area contributed by atoms with Gasteiger partial charge in [-0.2, -0.15) is 0 Å². The van der Waals surface area contributed by atoms with Crippen LogP contribution in [-0.2, 0) is 4.74 Å². The molecule has 2 rings (SSSR count). The molecule has 0 spiro atoms. The Labute approximate surface area is 127 Å². The molecule has 0 bridgehead atoms. The van der Waals surface area contributed by atoms with Crippen molar-refractivity contribution in [2.75, 3.05) is 6.61 Å². The van der Waals surface area contributed by atoms with Crippen LogP contribution >= 0.6 is 11.3 Å². The van der Waals surface area contributed by atoms with Crippen molar-refractivity contribution in [2.45, 2.75) is 65.6 Å². The zero-order chi connectivity index (χ0) is 14.8. The van der Waals surface area contributed by atoms with Crippen molar-refractivity contribution in [1.82, 2.24) is 5.32 Å². The molecule has 0 amide bonds. The second-order valence-corrected chi connectivity index (χ2v) is 7.47. The highest BCUT2D eigenvalue weighted by molar-refractivity contribution is 7.10. The van der Waals surface area contributed by atoms with E-state index in [-0.39, 0.29) is 5.41 Å². The van der Waals surface area contributed by atoms with E-state index >= 15 is 0 Å². The van der Waals surface area contributed by atoms with Crippen molar-refractivity contribution in [2.24, 2.45) is 11.3 Å². The van der Waals surface area contributed by atoms with E-state index in [1.165, 1.54) is 11.3 Å². The summed E-state index contributed by atoms with van der Waals surface area (Å²) < 4.78 is 5.91. The van der Waals surface area contributed by atoms with E-state index in [1.807, 2.05) is 11.3 Å². The third kappa shape index (κ3) is 2.95. The Hall–Kier alpha value is -0.380. The number of rotatable bonds is 7. The van der Waals surface area contributed by atoms with Crippen molar-refractivity contribution < 1.29 is 4.74 Å². The Balaban J connectivity index is 2.05. The average Bonchev–Trinajstić information content (AvgIpc) is 2.94. The summed E-state index contributed by atoms with van der Waals surface area (Å²) in [6, 6.07) is 5.44. The predicted molar refractivity (Wildman–Crippen MR) is 87.3 cm³/mol. The molecule has 0 aliphatic heterocycles. The quantitative estimate of drug-likeness (QED) is 0.792. The summed E-state index contributed by atoms with van der Waals surface area (Å²) in [6.45, 7) is 12.2. The van der Waals surface area contributed by atoms with E-state index in [9.17, 15) is 0 Å². The summed E-state index contributed by atoms with van der Waals surface area (Å²) in [5.41, 5.74) is 0.278. The smallest absolute Gasteiger partial charge is 0.0658 e. The molecule has 20 heavy (non-hydrogen) atoms. The van der Waals surface area contributed by atoms with Crippen LogP contribution in [0, 0.1) is 11.3 Å². The van der Waals surface area contributed by atoms with Crippen LogP contribution < -0.4 is 5.32 Å². The summed E-state index contributed by atoms with van der Waals surface area (Å²) >= 11 is 1.86. The maximum atomic E-state index is 5.91. The lowest BCUT2D eigenvalue weighted by Crippen LogP contribution is -2.63. The summed E-state index contributed by atoms with van der Waals surface area (Å²) in [5.74, 6) is 0.612. The molecule has 3 heteroatoms. The maximum absolute atomic E-state index is 5.91. The number of hydrogen-bond acceptors (Lipinski definition) is 3. The molecule has 1 aromatic rings. The first kappa shape index (κ1) is 16.0. The lowest BCUT2D eigenvalue weighted by molar-refractivity contribution is -0.129. The van der Waals surface area contributed by atoms with E-state index in [2.05, 4.69) is 57.4 Å². The SMILES string of the molecule is CCOC1CC(NC(c2cccs2)C(C)C)C1(C)CC. The summed E-state index contributed by atoms with van der Waals surface area (Å²) in [4.78, 5) is 1.46. The first-order valence-electron chi connectivity index (χ1n) is 7.94. The molecule has 1 aliphatic carbocycles. The highest BCUT2D eigenvalue weighted by Crippen LogP contribution is 2.47. The predicted octanol–water partition coefficient (Wildman–Crippen LogP) is 4.63. The van der Waals surface area contributed by atoms with Crippen LogP contribution in [0.25, 0.3) is 0 Å². The van der Waals surface area contributed by atoms with Crippen molar-refractivity contribution in [3.05, 3.63) is 22.4 Å².